The van der Waals surface area contributed by atoms with Gasteiger partial charge in [-0.05, 0) is 26.0 Å². The van der Waals surface area contributed by atoms with Gasteiger partial charge in [-0.1, -0.05) is 0 Å². The highest BCUT2D eigenvalue weighted by Crippen LogP contribution is 2.07. The lowest BCUT2D eigenvalue weighted by Crippen LogP contribution is -2.09. The van der Waals surface area contributed by atoms with Gasteiger partial charge in [-0.25, -0.2) is 0 Å². The molecule has 1 aromatic heterocycles. The predicted molar refractivity (Wildman–Crippen MR) is 57.3 cm³/mol. The molecule has 2 N–H and O–H groups in total. The maximum atomic E-state index is 5.42. The summed E-state index contributed by atoms with van der Waals surface area (Å²) in [5.74, 6) is 1.59. The second-order valence-electron chi connectivity index (χ2n) is 3.54. The molecule has 0 saturated heterocycles. The van der Waals surface area contributed by atoms with Gasteiger partial charge in [0.15, 0.2) is 0 Å². The van der Waals surface area contributed by atoms with Crippen molar-refractivity contribution in [2.75, 3.05) is 13.2 Å². The molecule has 0 aliphatic carbocycles. The third-order valence-electron chi connectivity index (χ3n) is 1.84. The molecule has 0 amide bonds. The Labute approximate surface area is 90.3 Å². The minimum Gasteiger partial charge on any atom is -0.462 e. The molecule has 4 heteroatoms. The largest absolute Gasteiger partial charge is 0.462 e. The minimum atomic E-state index is 0.251. The quantitative estimate of drug-likeness (QED) is 0.700. The second kappa shape index (κ2) is 6.61. The van der Waals surface area contributed by atoms with E-state index in [9.17, 15) is 0 Å². The molecule has 1 heterocycles. The first-order valence-electron chi connectivity index (χ1n) is 5.19. The van der Waals surface area contributed by atoms with Crippen LogP contribution in [0.4, 0.5) is 0 Å². The van der Waals surface area contributed by atoms with Gasteiger partial charge in [0.25, 0.3) is 0 Å². The first-order valence-corrected chi connectivity index (χ1v) is 5.19. The second-order valence-corrected chi connectivity index (χ2v) is 3.54. The van der Waals surface area contributed by atoms with Crippen LogP contribution in [-0.2, 0) is 22.6 Å². The summed E-state index contributed by atoms with van der Waals surface area (Å²) in [4.78, 5) is 0. The summed E-state index contributed by atoms with van der Waals surface area (Å²) in [6.45, 7) is 6.09. The number of furan rings is 1. The lowest BCUT2D eigenvalue weighted by molar-refractivity contribution is 0.0102. The first-order chi connectivity index (χ1) is 7.22. The van der Waals surface area contributed by atoms with Crippen LogP contribution in [0, 0.1) is 0 Å². The van der Waals surface area contributed by atoms with Gasteiger partial charge in [0, 0.05) is 0 Å². The summed E-state index contributed by atoms with van der Waals surface area (Å²) >= 11 is 0. The van der Waals surface area contributed by atoms with E-state index in [0.717, 1.165) is 11.5 Å². The molecule has 1 aromatic rings. The molecular formula is C11H19NO3. The van der Waals surface area contributed by atoms with Crippen molar-refractivity contribution in [3.8, 4) is 0 Å². The molecule has 0 aliphatic rings. The summed E-state index contributed by atoms with van der Waals surface area (Å²) in [6, 6.07) is 3.74. The van der Waals surface area contributed by atoms with Crippen LogP contribution < -0.4 is 5.73 Å². The van der Waals surface area contributed by atoms with Crippen LogP contribution in [0.1, 0.15) is 25.4 Å². The summed E-state index contributed by atoms with van der Waals surface area (Å²) in [7, 11) is 0. The third-order valence-corrected chi connectivity index (χ3v) is 1.84. The van der Waals surface area contributed by atoms with E-state index in [1.807, 2.05) is 26.0 Å². The summed E-state index contributed by atoms with van der Waals surface area (Å²) < 4.78 is 16.1. The fourth-order valence-corrected chi connectivity index (χ4v) is 1.13. The highest BCUT2D eigenvalue weighted by atomic mass is 16.5. The van der Waals surface area contributed by atoms with E-state index in [0.29, 0.717) is 26.4 Å². The fourth-order valence-electron chi connectivity index (χ4n) is 1.13. The molecule has 0 fully saturated rings. The maximum Gasteiger partial charge on any atom is 0.129 e. The molecule has 15 heavy (non-hydrogen) atoms. The van der Waals surface area contributed by atoms with Gasteiger partial charge >= 0.3 is 0 Å². The molecule has 4 nitrogen and oxygen atoms in total. The Balaban J connectivity index is 2.09. The highest BCUT2D eigenvalue weighted by Gasteiger charge is 2.00. The number of rotatable bonds is 7. The van der Waals surface area contributed by atoms with Crippen LogP contribution in [-0.4, -0.2) is 19.3 Å². The van der Waals surface area contributed by atoms with E-state index in [2.05, 4.69) is 0 Å². The van der Waals surface area contributed by atoms with Crippen molar-refractivity contribution < 1.29 is 13.9 Å². The zero-order chi connectivity index (χ0) is 11.1. The van der Waals surface area contributed by atoms with E-state index in [-0.39, 0.29) is 6.10 Å². The Morgan fingerprint density at radius 1 is 1.27 bits per heavy atom. The van der Waals surface area contributed by atoms with Gasteiger partial charge in [0.2, 0.25) is 0 Å². The smallest absolute Gasteiger partial charge is 0.129 e. The van der Waals surface area contributed by atoms with E-state index in [1.54, 1.807) is 0 Å². The molecule has 0 aliphatic heterocycles. The lowest BCUT2D eigenvalue weighted by Gasteiger charge is -2.06. The Bertz CT molecular complexity index is 271. The van der Waals surface area contributed by atoms with Gasteiger partial charge in [-0.2, -0.15) is 0 Å². The summed E-state index contributed by atoms with van der Waals surface area (Å²) in [5, 5.41) is 0. The van der Waals surface area contributed by atoms with Crippen molar-refractivity contribution >= 4 is 0 Å². The monoisotopic (exact) mass is 213 g/mol. The average molecular weight is 213 g/mol. The molecular weight excluding hydrogens is 194 g/mol. The summed E-state index contributed by atoms with van der Waals surface area (Å²) in [6.07, 6.45) is 0.251. The van der Waals surface area contributed by atoms with E-state index < -0.39 is 0 Å². The van der Waals surface area contributed by atoms with E-state index >= 15 is 0 Å². The van der Waals surface area contributed by atoms with Crippen molar-refractivity contribution in [3.05, 3.63) is 23.7 Å². The predicted octanol–water partition coefficient (Wildman–Crippen LogP) is 1.68. The molecule has 0 radical (unpaired) electrons. The van der Waals surface area contributed by atoms with Gasteiger partial charge in [0.05, 0.1) is 25.9 Å². The van der Waals surface area contributed by atoms with Crippen molar-refractivity contribution in [2.24, 2.45) is 5.73 Å². The number of hydrogen-bond acceptors (Lipinski definition) is 4. The molecule has 1 rings (SSSR count). The Morgan fingerprint density at radius 2 is 2.00 bits per heavy atom. The molecule has 0 aromatic carbocycles. The van der Waals surface area contributed by atoms with Gasteiger partial charge < -0.3 is 19.6 Å². The van der Waals surface area contributed by atoms with E-state index in [1.165, 1.54) is 0 Å². The molecule has 0 spiro atoms. The number of hydrogen-bond donors (Lipinski definition) is 1. The Kier molecular flexibility index (Phi) is 5.39. The van der Waals surface area contributed by atoms with Crippen LogP contribution in [0.3, 0.4) is 0 Å². The first kappa shape index (κ1) is 12.2. The van der Waals surface area contributed by atoms with Crippen LogP contribution >= 0.6 is 0 Å². The molecule has 0 saturated carbocycles. The fraction of sp³-hybridized carbons (Fsp3) is 0.636. The topological polar surface area (TPSA) is 57.6 Å². The molecule has 0 atom stereocenters. The van der Waals surface area contributed by atoms with Crippen LogP contribution in [0.15, 0.2) is 16.5 Å². The zero-order valence-corrected chi connectivity index (χ0v) is 9.36. The van der Waals surface area contributed by atoms with Crippen molar-refractivity contribution in [1.82, 2.24) is 0 Å². The normalized spacial score (nSPS) is 11.2. The highest BCUT2D eigenvalue weighted by molar-refractivity contribution is 5.05. The number of nitrogens with two attached hydrogens (primary N) is 1. The summed E-state index contributed by atoms with van der Waals surface area (Å²) in [5.41, 5.74) is 5.42. The van der Waals surface area contributed by atoms with Gasteiger partial charge in [-0.15, -0.1) is 0 Å². The van der Waals surface area contributed by atoms with Crippen LogP contribution in [0.5, 0.6) is 0 Å². The standard InChI is InChI=1S/C11H19NO3/c1-9(2)14-6-5-13-8-11-4-3-10(7-12)15-11/h3-4,9H,5-8,12H2,1-2H3. The molecule has 0 bridgehead atoms. The van der Waals surface area contributed by atoms with E-state index in [4.69, 9.17) is 19.6 Å². The SMILES string of the molecule is CC(C)OCCOCc1ccc(CN)o1. The lowest BCUT2D eigenvalue weighted by atomic mass is 10.4. The molecule has 86 valence electrons. The third kappa shape index (κ3) is 4.97. The molecule has 0 unspecified atom stereocenters. The van der Waals surface area contributed by atoms with Crippen LogP contribution in [0.2, 0.25) is 0 Å². The van der Waals surface area contributed by atoms with Crippen molar-refractivity contribution in [3.63, 3.8) is 0 Å². The minimum absolute atomic E-state index is 0.251. The Hall–Kier alpha value is -0.840. The van der Waals surface area contributed by atoms with Gasteiger partial charge in [-0.3, -0.25) is 0 Å². The van der Waals surface area contributed by atoms with Crippen LogP contribution in [0.25, 0.3) is 0 Å². The number of ether oxygens (including phenoxy) is 2. The van der Waals surface area contributed by atoms with Crippen molar-refractivity contribution in [1.29, 1.82) is 0 Å². The average Bonchev–Trinajstić information content (AvgIpc) is 2.65. The van der Waals surface area contributed by atoms with Gasteiger partial charge in [0.1, 0.15) is 18.1 Å². The van der Waals surface area contributed by atoms with Crippen molar-refractivity contribution in [2.45, 2.75) is 33.1 Å². The zero-order valence-electron chi connectivity index (χ0n) is 9.36. The maximum absolute atomic E-state index is 5.42. The Morgan fingerprint density at radius 3 is 2.60 bits per heavy atom.